The number of rotatable bonds is 11. The van der Waals surface area contributed by atoms with Gasteiger partial charge in [-0.1, -0.05) is 118 Å². The third kappa shape index (κ3) is 7.01. The second-order valence-electron chi connectivity index (χ2n) is 9.51. The summed E-state index contributed by atoms with van der Waals surface area (Å²) in [6, 6.07) is 30.7. The molecule has 0 radical (unpaired) electrons. The van der Waals surface area contributed by atoms with Gasteiger partial charge in [-0.15, -0.1) is 0 Å². The minimum absolute atomic E-state index is 0.109. The Hall–Kier alpha value is -2.99. The molecule has 0 saturated carbocycles. The smallest absolute Gasteiger partial charge is 0.332 e. The molecule has 0 aromatic heterocycles. The minimum atomic E-state index is -2.72. The van der Waals surface area contributed by atoms with Crippen molar-refractivity contribution in [2.75, 3.05) is 13.2 Å². The van der Waals surface area contributed by atoms with Crippen LogP contribution in [0.1, 0.15) is 33.3 Å². The summed E-state index contributed by atoms with van der Waals surface area (Å²) in [5.74, 6) is -0.407. The molecule has 0 aliphatic carbocycles. The van der Waals surface area contributed by atoms with Gasteiger partial charge >= 0.3 is 5.97 Å². The average molecular weight is 489 g/mol. The summed E-state index contributed by atoms with van der Waals surface area (Å²) in [7, 11) is -2.72. The number of esters is 1. The molecule has 0 N–H and O–H groups in total. The fourth-order valence-corrected chi connectivity index (χ4v) is 8.91. The SMILES string of the molecule is C/C=C\[C@@H](CO[Si](c1ccccc1)(c1ccccc1)C(C)(C)C)OC(=O)COCc1ccccc1. The van der Waals surface area contributed by atoms with Crippen molar-refractivity contribution in [3.8, 4) is 0 Å². The van der Waals surface area contributed by atoms with E-state index in [9.17, 15) is 4.79 Å². The maximum absolute atomic E-state index is 12.6. The Morgan fingerprint density at radius 1 is 0.857 bits per heavy atom. The normalized spacial score (nSPS) is 13.0. The van der Waals surface area contributed by atoms with Gasteiger partial charge in [-0.3, -0.25) is 0 Å². The van der Waals surface area contributed by atoms with Gasteiger partial charge in [-0.2, -0.15) is 0 Å². The molecule has 184 valence electrons. The van der Waals surface area contributed by atoms with E-state index in [1.165, 1.54) is 10.4 Å². The highest BCUT2D eigenvalue weighted by molar-refractivity contribution is 6.99. The number of ether oxygens (including phenoxy) is 2. The molecular weight excluding hydrogens is 452 g/mol. The van der Waals surface area contributed by atoms with Crippen molar-refractivity contribution >= 4 is 24.7 Å². The van der Waals surface area contributed by atoms with Crippen molar-refractivity contribution < 1.29 is 18.7 Å². The number of carbonyl (C=O) groups is 1. The number of hydrogen-bond donors (Lipinski definition) is 0. The molecule has 0 aliphatic rings. The standard InChI is InChI=1S/C30H36O4Si/c1-5-15-26(34-29(31)24-32-22-25-16-9-6-10-17-25)23-33-35(30(2,3)4,27-18-11-7-12-19-27)28-20-13-8-14-21-28/h5-21,26H,22-24H2,1-4H3/b15-5-/t26-/m0/s1. The zero-order valence-corrected chi connectivity index (χ0v) is 22.1. The third-order valence-electron chi connectivity index (χ3n) is 5.90. The zero-order valence-electron chi connectivity index (χ0n) is 21.1. The van der Waals surface area contributed by atoms with Gasteiger partial charge in [0.25, 0.3) is 8.32 Å². The van der Waals surface area contributed by atoms with Crippen LogP contribution in [0.4, 0.5) is 0 Å². The second-order valence-corrected chi connectivity index (χ2v) is 13.8. The van der Waals surface area contributed by atoms with Gasteiger partial charge in [-0.25, -0.2) is 4.79 Å². The Morgan fingerprint density at radius 3 is 1.86 bits per heavy atom. The van der Waals surface area contributed by atoms with Crippen LogP contribution in [0.2, 0.25) is 5.04 Å². The van der Waals surface area contributed by atoms with E-state index in [2.05, 4.69) is 69.3 Å². The van der Waals surface area contributed by atoms with Gasteiger partial charge in [-0.05, 0) is 34.0 Å². The number of carbonyl (C=O) groups excluding carboxylic acids is 1. The molecule has 3 aromatic rings. The molecule has 0 spiro atoms. The first-order valence-electron chi connectivity index (χ1n) is 12.1. The van der Waals surface area contributed by atoms with Gasteiger partial charge in [0.1, 0.15) is 12.7 Å². The highest BCUT2D eigenvalue weighted by Gasteiger charge is 2.50. The van der Waals surface area contributed by atoms with Crippen molar-refractivity contribution in [3.05, 3.63) is 109 Å². The average Bonchev–Trinajstić information content (AvgIpc) is 2.85. The highest BCUT2D eigenvalue weighted by Crippen LogP contribution is 2.36. The molecule has 1 atom stereocenters. The maximum Gasteiger partial charge on any atom is 0.332 e. The summed E-state index contributed by atoms with van der Waals surface area (Å²) in [5.41, 5.74) is 1.01. The lowest BCUT2D eigenvalue weighted by atomic mass is 10.2. The van der Waals surface area contributed by atoms with Crippen molar-refractivity contribution in [1.29, 1.82) is 0 Å². The van der Waals surface area contributed by atoms with Gasteiger partial charge in [0.15, 0.2) is 0 Å². The molecule has 3 aromatic carbocycles. The van der Waals surface area contributed by atoms with E-state index < -0.39 is 20.4 Å². The van der Waals surface area contributed by atoms with Crippen LogP contribution >= 0.6 is 0 Å². The molecule has 0 aliphatic heterocycles. The molecule has 5 heteroatoms. The summed E-state index contributed by atoms with van der Waals surface area (Å²) in [5, 5.41) is 2.23. The van der Waals surface area contributed by atoms with E-state index in [0.29, 0.717) is 6.61 Å². The fourth-order valence-electron chi connectivity index (χ4n) is 4.34. The van der Waals surface area contributed by atoms with Gasteiger partial charge in [0.05, 0.1) is 13.2 Å². The van der Waals surface area contributed by atoms with Gasteiger partial charge in [0.2, 0.25) is 0 Å². The van der Waals surface area contributed by atoms with Crippen molar-refractivity contribution in [2.24, 2.45) is 0 Å². The summed E-state index contributed by atoms with van der Waals surface area (Å²) < 4.78 is 18.2. The lowest BCUT2D eigenvalue weighted by Gasteiger charge is -2.43. The first-order valence-corrected chi connectivity index (χ1v) is 14.0. The molecule has 35 heavy (non-hydrogen) atoms. The minimum Gasteiger partial charge on any atom is -0.454 e. The molecule has 0 saturated heterocycles. The van der Waals surface area contributed by atoms with E-state index in [-0.39, 0.29) is 18.3 Å². The summed E-state index contributed by atoms with van der Waals surface area (Å²) in [6.45, 7) is 9.12. The second kappa shape index (κ2) is 12.6. The van der Waals surface area contributed by atoms with Crippen LogP contribution in [0, 0.1) is 0 Å². The first-order chi connectivity index (χ1) is 16.9. The molecule has 0 fully saturated rings. The van der Waals surface area contributed by atoms with Crippen LogP contribution in [0.25, 0.3) is 0 Å². The van der Waals surface area contributed by atoms with E-state index >= 15 is 0 Å². The molecule has 3 rings (SSSR count). The Kier molecular flexibility index (Phi) is 9.61. The van der Waals surface area contributed by atoms with Crippen LogP contribution in [0.3, 0.4) is 0 Å². The predicted octanol–water partition coefficient (Wildman–Crippen LogP) is 5.27. The lowest BCUT2D eigenvalue weighted by Crippen LogP contribution is -2.67. The highest BCUT2D eigenvalue weighted by atomic mass is 28.4. The van der Waals surface area contributed by atoms with E-state index in [0.717, 1.165) is 5.56 Å². The van der Waals surface area contributed by atoms with Crippen LogP contribution in [-0.2, 0) is 25.3 Å². The summed E-state index contributed by atoms with van der Waals surface area (Å²) in [4.78, 5) is 12.6. The first kappa shape index (κ1) is 26.6. The number of benzene rings is 3. The van der Waals surface area contributed by atoms with Gasteiger partial charge in [0, 0.05) is 0 Å². The van der Waals surface area contributed by atoms with Crippen LogP contribution in [0.5, 0.6) is 0 Å². The van der Waals surface area contributed by atoms with Crippen molar-refractivity contribution in [2.45, 2.75) is 45.4 Å². The van der Waals surface area contributed by atoms with Crippen LogP contribution < -0.4 is 10.4 Å². The largest absolute Gasteiger partial charge is 0.454 e. The number of hydrogen-bond acceptors (Lipinski definition) is 4. The molecule has 0 unspecified atom stereocenters. The summed E-state index contributed by atoms with van der Waals surface area (Å²) >= 11 is 0. The Labute approximate surface area is 210 Å². The monoisotopic (exact) mass is 488 g/mol. The topological polar surface area (TPSA) is 44.8 Å². The van der Waals surface area contributed by atoms with Gasteiger partial charge < -0.3 is 13.9 Å². The summed E-state index contributed by atoms with van der Waals surface area (Å²) in [6.07, 6.45) is 3.25. The molecule has 0 heterocycles. The molecule has 4 nitrogen and oxygen atoms in total. The zero-order chi connectivity index (χ0) is 25.2. The lowest BCUT2D eigenvalue weighted by molar-refractivity contribution is -0.154. The maximum atomic E-state index is 12.6. The molecule has 0 amide bonds. The van der Waals surface area contributed by atoms with Crippen molar-refractivity contribution in [3.63, 3.8) is 0 Å². The predicted molar refractivity (Wildman–Crippen MR) is 144 cm³/mol. The fraction of sp³-hybridized carbons (Fsp3) is 0.300. The van der Waals surface area contributed by atoms with E-state index in [4.69, 9.17) is 13.9 Å². The quantitative estimate of drug-likeness (QED) is 0.210. The Balaban J connectivity index is 1.77. The van der Waals surface area contributed by atoms with E-state index in [1.54, 1.807) is 0 Å². The van der Waals surface area contributed by atoms with E-state index in [1.807, 2.05) is 61.5 Å². The Morgan fingerprint density at radius 2 is 1.37 bits per heavy atom. The number of allylic oxidation sites excluding steroid dienone is 1. The Bertz CT molecular complexity index is 1020. The molecule has 0 bridgehead atoms. The van der Waals surface area contributed by atoms with Crippen molar-refractivity contribution in [1.82, 2.24) is 0 Å². The third-order valence-corrected chi connectivity index (χ3v) is 10.9. The van der Waals surface area contributed by atoms with Crippen LogP contribution in [0.15, 0.2) is 103 Å². The molecular formula is C30H36O4Si. The van der Waals surface area contributed by atoms with Crippen LogP contribution in [-0.4, -0.2) is 33.6 Å².